The first kappa shape index (κ1) is 18.6. The molecule has 2 atom stereocenters. The van der Waals surface area contributed by atoms with Gasteiger partial charge in [-0.3, -0.25) is 9.59 Å². The van der Waals surface area contributed by atoms with Gasteiger partial charge in [0.1, 0.15) is 5.01 Å². The number of piperidine rings is 1. The molecule has 1 N–H and O–H groups in total. The summed E-state index contributed by atoms with van der Waals surface area (Å²) in [6.07, 6.45) is 2.59. The standard InChI is InChI=1S/C20H24N2O3S/c1-3-14-6-8-15(9-7-14)19-21-16(12-26-19)11-18(23)22-10-4-5-17(13(22)2)20(24)25/h6-9,12-13,17H,3-5,10-11H2,1-2H3,(H,24,25)/t13-,17-/m0/s1. The zero-order valence-electron chi connectivity index (χ0n) is 15.1. The number of likely N-dealkylation sites (tertiary alicyclic amines) is 1. The molecule has 1 fully saturated rings. The third kappa shape index (κ3) is 3.96. The van der Waals surface area contributed by atoms with E-state index < -0.39 is 11.9 Å². The van der Waals surface area contributed by atoms with Crippen LogP contribution in [0.4, 0.5) is 0 Å². The quantitative estimate of drug-likeness (QED) is 0.870. The normalized spacial score (nSPS) is 20.2. The van der Waals surface area contributed by atoms with Gasteiger partial charge in [-0.05, 0) is 31.7 Å². The highest BCUT2D eigenvalue weighted by Crippen LogP contribution is 2.27. The van der Waals surface area contributed by atoms with Crippen LogP contribution in [0.3, 0.4) is 0 Å². The first-order valence-electron chi connectivity index (χ1n) is 9.05. The molecule has 0 unspecified atom stereocenters. The number of rotatable bonds is 5. The van der Waals surface area contributed by atoms with Crippen molar-refractivity contribution in [1.82, 2.24) is 9.88 Å². The Morgan fingerprint density at radius 1 is 1.31 bits per heavy atom. The molecule has 0 saturated carbocycles. The highest BCUT2D eigenvalue weighted by molar-refractivity contribution is 7.13. The summed E-state index contributed by atoms with van der Waals surface area (Å²) in [6, 6.07) is 8.06. The Labute approximate surface area is 157 Å². The highest BCUT2D eigenvalue weighted by atomic mass is 32.1. The van der Waals surface area contributed by atoms with Gasteiger partial charge in [0.15, 0.2) is 0 Å². The van der Waals surface area contributed by atoms with E-state index in [9.17, 15) is 14.7 Å². The summed E-state index contributed by atoms with van der Waals surface area (Å²) >= 11 is 1.54. The molecular formula is C20H24N2O3S. The highest BCUT2D eigenvalue weighted by Gasteiger charge is 2.35. The van der Waals surface area contributed by atoms with Gasteiger partial charge in [-0.2, -0.15) is 0 Å². The molecule has 1 amide bonds. The largest absolute Gasteiger partial charge is 0.481 e. The number of aryl methyl sites for hydroxylation is 1. The molecule has 1 saturated heterocycles. The SMILES string of the molecule is CCc1ccc(-c2nc(CC(=O)N3CCC[C@H](C(=O)O)[C@@H]3C)cs2)cc1. The van der Waals surface area contributed by atoms with Crippen LogP contribution in [0.1, 0.15) is 37.9 Å². The van der Waals surface area contributed by atoms with E-state index in [0.717, 1.165) is 29.1 Å². The molecule has 1 aromatic carbocycles. The van der Waals surface area contributed by atoms with Gasteiger partial charge >= 0.3 is 5.97 Å². The maximum Gasteiger partial charge on any atom is 0.308 e. The van der Waals surface area contributed by atoms with Crippen LogP contribution >= 0.6 is 11.3 Å². The molecule has 6 heteroatoms. The van der Waals surface area contributed by atoms with Gasteiger partial charge < -0.3 is 10.0 Å². The fraction of sp³-hybridized carbons (Fsp3) is 0.450. The Morgan fingerprint density at radius 3 is 2.69 bits per heavy atom. The number of carboxylic acid groups (broad SMARTS) is 1. The summed E-state index contributed by atoms with van der Waals surface area (Å²) in [7, 11) is 0. The Balaban J connectivity index is 1.68. The predicted molar refractivity (Wildman–Crippen MR) is 102 cm³/mol. The van der Waals surface area contributed by atoms with Crippen molar-refractivity contribution in [2.75, 3.05) is 6.54 Å². The van der Waals surface area contributed by atoms with Crippen LogP contribution < -0.4 is 0 Å². The molecule has 0 spiro atoms. The molecule has 0 aliphatic carbocycles. The van der Waals surface area contributed by atoms with Gasteiger partial charge in [0.05, 0.1) is 18.0 Å². The Morgan fingerprint density at radius 2 is 2.04 bits per heavy atom. The van der Waals surface area contributed by atoms with Crippen molar-refractivity contribution in [3.05, 3.63) is 40.9 Å². The lowest BCUT2D eigenvalue weighted by Crippen LogP contribution is -2.49. The number of hydrogen-bond donors (Lipinski definition) is 1. The first-order chi connectivity index (χ1) is 12.5. The molecule has 3 rings (SSSR count). The van der Waals surface area contributed by atoms with Crippen molar-refractivity contribution >= 4 is 23.2 Å². The summed E-state index contributed by atoms with van der Waals surface area (Å²) in [5, 5.41) is 12.1. The monoisotopic (exact) mass is 372 g/mol. The molecule has 0 bridgehead atoms. The van der Waals surface area contributed by atoms with Crippen molar-refractivity contribution < 1.29 is 14.7 Å². The number of nitrogens with zero attached hydrogens (tertiary/aromatic N) is 2. The molecule has 1 aliphatic rings. The number of carboxylic acids is 1. The molecule has 2 aromatic rings. The zero-order chi connectivity index (χ0) is 18.7. The number of carbonyl (C=O) groups excluding carboxylic acids is 1. The van der Waals surface area contributed by atoms with Crippen molar-refractivity contribution in [1.29, 1.82) is 0 Å². The van der Waals surface area contributed by atoms with Crippen LogP contribution in [0.2, 0.25) is 0 Å². The van der Waals surface area contributed by atoms with E-state index in [4.69, 9.17) is 0 Å². The molecule has 1 aromatic heterocycles. The predicted octanol–water partition coefficient (Wildman–Crippen LogP) is 3.63. The number of amides is 1. The van der Waals surface area contributed by atoms with Gasteiger partial charge in [0.25, 0.3) is 0 Å². The zero-order valence-corrected chi connectivity index (χ0v) is 16.0. The van der Waals surface area contributed by atoms with Crippen molar-refractivity contribution in [2.24, 2.45) is 5.92 Å². The van der Waals surface area contributed by atoms with E-state index in [-0.39, 0.29) is 18.4 Å². The number of thiazole rings is 1. The van der Waals surface area contributed by atoms with Crippen LogP contribution in [0.15, 0.2) is 29.6 Å². The number of aromatic nitrogens is 1. The van der Waals surface area contributed by atoms with Gasteiger partial charge in [-0.1, -0.05) is 31.2 Å². The van der Waals surface area contributed by atoms with Crippen molar-refractivity contribution in [3.63, 3.8) is 0 Å². The summed E-state index contributed by atoms with van der Waals surface area (Å²) in [5.41, 5.74) is 3.09. The third-order valence-electron chi connectivity index (χ3n) is 5.12. The van der Waals surface area contributed by atoms with E-state index in [1.807, 2.05) is 12.3 Å². The minimum absolute atomic E-state index is 0.0402. The van der Waals surface area contributed by atoms with Crippen LogP contribution in [0.25, 0.3) is 10.6 Å². The Hall–Kier alpha value is -2.21. The fourth-order valence-electron chi connectivity index (χ4n) is 3.49. The fourth-order valence-corrected chi connectivity index (χ4v) is 4.31. The van der Waals surface area contributed by atoms with E-state index in [1.54, 1.807) is 4.90 Å². The van der Waals surface area contributed by atoms with Gasteiger partial charge in [0.2, 0.25) is 5.91 Å². The number of hydrogen-bond acceptors (Lipinski definition) is 4. The third-order valence-corrected chi connectivity index (χ3v) is 6.06. The molecule has 0 radical (unpaired) electrons. The average molecular weight is 372 g/mol. The maximum atomic E-state index is 12.7. The van der Waals surface area contributed by atoms with Gasteiger partial charge in [0, 0.05) is 23.5 Å². The summed E-state index contributed by atoms with van der Waals surface area (Å²) in [4.78, 5) is 30.3. The molecule has 138 valence electrons. The lowest BCUT2D eigenvalue weighted by molar-refractivity contribution is -0.148. The molecule has 5 nitrogen and oxygen atoms in total. The van der Waals surface area contributed by atoms with Crippen LogP contribution in [0, 0.1) is 5.92 Å². The van der Waals surface area contributed by atoms with E-state index in [2.05, 4.69) is 36.2 Å². The second-order valence-electron chi connectivity index (χ2n) is 6.79. The smallest absolute Gasteiger partial charge is 0.308 e. The maximum absolute atomic E-state index is 12.7. The summed E-state index contributed by atoms with van der Waals surface area (Å²) in [5.74, 6) is -1.33. The first-order valence-corrected chi connectivity index (χ1v) is 9.93. The lowest BCUT2D eigenvalue weighted by atomic mass is 9.90. The average Bonchev–Trinajstić information content (AvgIpc) is 3.10. The number of carbonyl (C=O) groups is 2. The summed E-state index contributed by atoms with van der Waals surface area (Å²) in [6.45, 7) is 4.58. The van der Waals surface area contributed by atoms with Crippen LogP contribution in [0.5, 0.6) is 0 Å². The van der Waals surface area contributed by atoms with Gasteiger partial charge in [-0.25, -0.2) is 4.98 Å². The Bertz CT molecular complexity index is 785. The van der Waals surface area contributed by atoms with E-state index >= 15 is 0 Å². The minimum atomic E-state index is -0.818. The lowest BCUT2D eigenvalue weighted by Gasteiger charge is -2.37. The second-order valence-corrected chi connectivity index (χ2v) is 7.64. The van der Waals surface area contributed by atoms with Crippen molar-refractivity contribution in [3.8, 4) is 10.6 Å². The molecular weight excluding hydrogens is 348 g/mol. The summed E-state index contributed by atoms with van der Waals surface area (Å²) < 4.78 is 0. The topological polar surface area (TPSA) is 70.5 Å². The molecule has 2 heterocycles. The van der Waals surface area contributed by atoms with Crippen molar-refractivity contribution in [2.45, 2.75) is 45.6 Å². The number of aliphatic carboxylic acids is 1. The van der Waals surface area contributed by atoms with Crippen LogP contribution in [-0.2, 0) is 22.4 Å². The van der Waals surface area contributed by atoms with E-state index in [1.165, 1.54) is 16.9 Å². The Kier molecular flexibility index (Phi) is 5.71. The second kappa shape index (κ2) is 7.99. The van der Waals surface area contributed by atoms with Crippen LogP contribution in [-0.4, -0.2) is 39.5 Å². The minimum Gasteiger partial charge on any atom is -0.481 e. The van der Waals surface area contributed by atoms with E-state index in [0.29, 0.717) is 13.0 Å². The number of benzene rings is 1. The molecule has 1 aliphatic heterocycles. The molecule has 26 heavy (non-hydrogen) atoms. The van der Waals surface area contributed by atoms with Gasteiger partial charge in [-0.15, -0.1) is 11.3 Å².